The first-order valence-electron chi connectivity index (χ1n) is 7.21. The maximum atomic E-state index is 12.6. The minimum absolute atomic E-state index is 0.171. The summed E-state index contributed by atoms with van der Waals surface area (Å²) in [5.41, 5.74) is 1.72. The summed E-state index contributed by atoms with van der Waals surface area (Å²) in [4.78, 5) is 28.0. The van der Waals surface area contributed by atoms with Crippen LogP contribution in [0, 0.1) is 0 Å². The Labute approximate surface area is 142 Å². The number of hydrogen-bond acceptors (Lipinski definition) is 4. The van der Waals surface area contributed by atoms with Crippen LogP contribution in [0.15, 0.2) is 53.6 Å². The van der Waals surface area contributed by atoms with Crippen molar-refractivity contribution in [3.8, 4) is 0 Å². The van der Waals surface area contributed by atoms with E-state index in [0.717, 1.165) is 5.56 Å². The highest BCUT2D eigenvalue weighted by Crippen LogP contribution is 2.15. The molecule has 2 N–H and O–H groups in total. The van der Waals surface area contributed by atoms with Crippen molar-refractivity contribution in [3.05, 3.63) is 69.7 Å². The lowest BCUT2D eigenvalue weighted by atomic mass is 10.2. The van der Waals surface area contributed by atoms with E-state index in [2.05, 4.69) is 10.3 Å². The molecule has 0 saturated carbocycles. The Morgan fingerprint density at radius 2 is 1.96 bits per heavy atom. The minimum atomic E-state index is -0.603. The van der Waals surface area contributed by atoms with E-state index in [4.69, 9.17) is 16.7 Å². The monoisotopic (exact) mass is 343 g/mol. The molecule has 3 rings (SSSR count). The molecule has 1 heterocycles. The third-order valence-corrected chi connectivity index (χ3v) is 3.77. The summed E-state index contributed by atoms with van der Waals surface area (Å²) in [6.45, 7) is -0.212. The number of aliphatic hydroxyl groups is 1. The molecule has 0 aliphatic carbocycles. The lowest BCUT2D eigenvalue weighted by molar-refractivity contribution is -0.118. The van der Waals surface area contributed by atoms with Crippen LogP contribution < -0.4 is 10.9 Å². The smallest absolute Gasteiger partial charge is 0.261 e. The Balaban J connectivity index is 1.93. The second kappa shape index (κ2) is 6.82. The standard InChI is InChI=1S/C17H14ClN3O3/c18-12-3-1-11(2-4-12)8-21-10-19-15-7-13(20-16(23)9-22)5-6-14(15)17(21)24/h1-7,10,22H,8-9H2,(H,20,23). The molecular formula is C17H14ClN3O3. The van der Waals surface area contributed by atoms with Gasteiger partial charge in [-0.2, -0.15) is 0 Å². The highest BCUT2D eigenvalue weighted by molar-refractivity contribution is 6.30. The van der Waals surface area contributed by atoms with Crippen molar-refractivity contribution < 1.29 is 9.90 Å². The third kappa shape index (κ3) is 3.45. The van der Waals surface area contributed by atoms with Crippen molar-refractivity contribution in [3.63, 3.8) is 0 Å². The highest BCUT2D eigenvalue weighted by Gasteiger charge is 2.07. The molecule has 0 fully saturated rings. The second-order valence-electron chi connectivity index (χ2n) is 5.24. The van der Waals surface area contributed by atoms with Crippen LogP contribution in [0.3, 0.4) is 0 Å². The lowest BCUT2D eigenvalue weighted by Crippen LogP contribution is -2.21. The summed E-state index contributed by atoms with van der Waals surface area (Å²) in [7, 11) is 0. The predicted octanol–water partition coefficient (Wildman–Crippen LogP) is 2.03. The van der Waals surface area contributed by atoms with Gasteiger partial charge in [0, 0.05) is 10.7 Å². The first-order chi connectivity index (χ1) is 11.6. The number of carbonyl (C=O) groups is 1. The van der Waals surface area contributed by atoms with E-state index < -0.39 is 12.5 Å². The van der Waals surface area contributed by atoms with Crippen LogP contribution >= 0.6 is 11.6 Å². The topological polar surface area (TPSA) is 84.2 Å². The summed E-state index contributed by atoms with van der Waals surface area (Å²) >= 11 is 5.86. The van der Waals surface area contributed by atoms with Crippen molar-refractivity contribution in [2.75, 3.05) is 11.9 Å². The number of halogens is 1. The number of carbonyl (C=O) groups excluding carboxylic acids is 1. The van der Waals surface area contributed by atoms with Crippen molar-refractivity contribution in [1.82, 2.24) is 9.55 Å². The number of anilines is 1. The molecule has 7 heteroatoms. The maximum absolute atomic E-state index is 12.6. The van der Waals surface area contributed by atoms with Gasteiger partial charge in [0.1, 0.15) is 6.61 Å². The number of benzene rings is 2. The number of nitrogens with one attached hydrogen (secondary N) is 1. The second-order valence-corrected chi connectivity index (χ2v) is 5.68. The largest absolute Gasteiger partial charge is 0.387 e. The lowest BCUT2D eigenvalue weighted by Gasteiger charge is -2.08. The van der Waals surface area contributed by atoms with Crippen molar-refractivity contribution in [2.45, 2.75) is 6.54 Å². The number of aliphatic hydroxyl groups excluding tert-OH is 1. The Morgan fingerprint density at radius 3 is 2.67 bits per heavy atom. The normalized spacial score (nSPS) is 10.8. The van der Waals surface area contributed by atoms with Gasteiger partial charge >= 0.3 is 0 Å². The van der Waals surface area contributed by atoms with E-state index in [1.54, 1.807) is 30.3 Å². The van der Waals surface area contributed by atoms with Crippen LogP contribution in [0.5, 0.6) is 0 Å². The number of nitrogens with zero attached hydrogens (tertiary/aromatic N) is 2. The molecule has 24 heavy (non-hydrogen) atoms. The molecule has 0 bridgehead atoms. The van der Waals surface area contributed by atoms with Crippen LogP contribution in [-0.2, 0) is 11.3 Å². The van der Waals surface area contributed by atoms with Crippen LogP contribution in [0.1, 0.15) is 5.56 Å². The van der Waals surface area contributed by atoms with Gasteiger partial charge in [0.2, 0.25) is 5.91 Å². The van der Waals surface area contributed by atoms with Gasteiger partial charge in [-0.15, -0.1) is 0 Å². The van der Waals surface area contributed by atoms with E-state index in [-0.39, 0.29) is 5.56 Å². The maximum Gasteiger partial charge on any atom is 0.261 e. The Bertz CT molecular complexity index is 951. The van der Waals surface area contributed by atoms with Gasteiger partial charge in [-0.3, -0.25) is 14.2 Å². The summed E-state index contributed by atoms with van der Waals surface area (Å²) < 4.78 is 1.51. The fourth-order valence-corrected chi connectivity index (χ4v) is 2.46. The van der Waals surface area contributed by atoms with Crippen molar-refractivity contribution >= 4 is 34.1 Å². The van der Waals surface area contributed by atoms with Crippen LogP contribution in [0.4, 0.5) is 5.69 Å². The molecule has 0 aliphatic rings. The minimum Gasteiger partial charge on any atom is -0.387 e. The van der Waals surface area contributed by atoms with Crippen LogP contribution in [-0.4, -0.2) is 27.2 Å². The number of hydrogen-bond donors (Lipinski definition) is 2. The number of aromatic nitrogens is 2. The van der Waals surface area contributed by atoms with Crippen molar-refractivity contribution in [1.29, 1.82) is 0 Å². The molecule has 0 radical (unpaired) electrons. The molecule has 1 aromatic heterocycles. The molecule has 6 nitrogen and oxygen atoms in total. The van der Waals surface area contributed by atoms with Gasteiger partial charge in [-0.1, -0.05) is 23.7 Å². The highest BCUT2D eigenvalue weighted by atomic mass is 35.5. The molecule has 0 atom stereocenters. The molecule has 3 aromatic rings. The van der Waals surface area contributed by atoms with Crippen molar-refractivity contribution in [2.24, 2.45) is 0 Å². The van der Waals surface area contributed by atoms with Crippen LogP contribution in [0.2, 0.25) is 5.02 Å². The Kier molecular flexibility index (Phi) is 4.59. The molecule has 122 valence electrons. The summed E-state index contributed by atoms with van der Waals surface area (Å²) in [6.07, 6.45) is 1.47. The van der Waals surface area contributed by atoms with Crippen LogP contribution in [0.25, 0.3) is 10.9 Å². The van der Waals surface area contributed by atoms with Gasteiger partial charge < -0.3 is 10.4 Å². The first kappa shape index (κ1) is 16.2. The quantitative estimate of drug-likeness (QED) is 0.759. The summed E-state index contributed by atoms with van der Waals surface area (Å²) in [5, 5.41) is 12.4. The zero-order chi connectivity index (χ0) is 17.1. The number of amides is 1. The van der Waals surface area contributed by atoms with Gasteiger partial charge in [0.05, 0.1) is 23.8 Å². The zero-order valence-electron chi connectivity index (χ0n) is 12.6. The van der Waals surface area contributed by atoms with Gasteiger partial charge in [0.25, 0.3) is 5.56 Å². The number of rotatable bonds is 4. The molecule has 0 unspecified atom stereocenters. The molecule has 0 aliphatic heterocycles. The van der Waals surface area contributed by atoms with E-state index in [1.165, 1.54) is 10.9 Å². The average Bonchev–Trinajstić information content (AvgIpc) is 2.59. The Morgan fingerprint density at radius 1 is 1.21 bits per heavy atom. The first-order valence-corrected chi connectivity index (χ1v) is 7.59. The van der Waals surface area contributed by atoms with E-state index in [0.29, 0.717) is 28.2 Å². The van der Waals surface area contributed by atoms with E-state index >= 15 is 0 Å². The average molecular weight is 344 g/mol. The summed E-state index contributed by atoms with van der Waals surface area (Å²) in [6, 6.07) is 12.1. The number of fused-ring (bicyclic) bond motifs is 1. The molecule has 0 saturated heterocycles. The predicted molar refractivity (Wildman–Crippen MR) is 92.3 cm³/mol. The molecular weight excluding hydrogens is 330 g/mol. The Hall–Kier alpha value is -2.70. The fourth-order valence-electron chi connectivity index (χ4n) is 2.34. The molecule has 1 amide bonds. The molecule has 0 spiro atoms. The molecule has 2 aromatic carbocycles. The summed E-state index contributed by atoms with van der Waals surface area (Å²) in [5.74, 6) is -0.523. The van der Waals surface area contributed by atoms with Gasteiger partial charge in [-0.05, 0) is 35.9 Å². The van der Waals surface area contributed by atoms with Gasteiger partial charge in [-0.25, -0.2) is 4.98 Å². The SMILES string of the molecule is O=C(CO)Nc1ccc2c(=O)n(Cc3ccc(Cl)cc3)cnc2c1. The van der Waals surface area contributed by atoms with E-state index in [9.17, 15) is 9.59 Å². The van der Waals surface area contributed by atoms with E-state index in [1.807, 2.05) is 12.1 Å². The fraction of sp³-hybridized carbons (Fsp3) is 0.118. The van der Waals surface area contributed by atoms with Gasteiger partial charge in [0.15, 0.2) is 0 Å². The zero-order valence-corrected chi connectivity index (χ0v) is 13.3. The third-order valence-electron chi connectivity index (χ3n) is 3.52.